The molecule has 1 aromatic heterocycles. The van der Waals surface area contributed by atoms with E-state index in [0.717, 1.165) is 16.5 Å². The fourth-order valence-corrected chi connectivity index (χ4v) is 4.32. The first-order valence-corrected chi connectivity index (χ1v) is 10.2. The van der Waals surface area contributed by atoms with Gasteiger partial charge in [-0.05, 0) is 37.9 Å². The van der Waals surface area contributed by atoms with Crippen LogP contribution in [0.15, 0.2) is 59.6 Å². The Hall–Kier alpha value is -2.35. The van der Waals surface area contributed by atoms with Crippen LogP contribution in [0.25, 0.3) is 10.9 Å². The van der Waals surface area contributed by atoms with Crippen LogP contribution >= 0.6 is 0 Å². The minimum atomic E-state index is -3.64. The van der Waals surface area contributed by atoms with E-state index in [-0.39, 0.29) is 17.5 Å². The molecule has 0 amide bonds. The lowest BCUT2D eigenvalue weighted by molar-refractivity contribution is 0.301. The molecule has 6 nitrogen and oxygen atoms in total. The molecule has 7 heteroatoms. The van der Waals surface area contributed by atoms with Gasteiger partial charge in [0.05, 0.1) is 12.0 Å². The Kier molecular flexibility index (Phi) is 5.55. The average Bonchev–Trinajstić information content (AvgIpc) is 2.98. The van der Waals surface area contributed by atoms with Gasteiger partial charge < -0.3 is 14.2 Å². The normalized spacial score (nSPS) is 13.2. The number of methoxy groups -OCH3 is 1. The quantitative estimate of drug-likeness (QED) is 0.677. The van der Waals surface area contributed by atoms with Crippen LogP contribution in [-0.2, 0) is 17.1 Å². The van der Waals surface area contributed by atoms with Gasteiger partial charge in [-0.25, -0.2) is 13.1 Å². The number of ether oxygens (including phenoxy) is 1. The number of rotatable bonds is 7. The maximum Gasteiger partial charge on any atom is 0.240 e. The van der Waals surface area contributed by atoms with Crippen LogP contribution in [0.4, 0.5) is 0 Å². The van der Waals surface area contributed by atoms with Crippen molar-refractivity contribution >= 4 is 20.9 Å². The predicted octanol–water partition coefficient (Wildman–Crippen LogP) is 2.77. The average molecular weight is 388 g/mol. The van der Waals surface area contributed by atoms with Gasteiger partial charge in [0.2, 0.25) is 10.0 Å². The first-order chi connectivity index (χ1) is 12.8. The number of sulfonamides is 1. The highest BCUT2D eigenvalue weighted by Crippen LogP contribution is 2.28. The van der Waals surface area contributed by atoms with Gasteiger partial charge in [-0.3, -0.25) is 0 Å². The predicted molar refractivity (Wildman–Crippen MR) is 108 cm³/mol. The van der Waals surface area contributed by atoms with Crippen molar-refractivity contribution in [3.05, 3.63) is 60.3 Å². The summed E-state index contributed by atoms with van der Waals surface area (Å²) in [5.74, 6) is 0.510. The highest BCUT2D eigenvalue weighted by molar-refractivity contribution is 7.89. The Morgan fingerprint density at radius 1 is 1.15 bits per heavy atom. The Labute approximate surface area is 160 Å². The molecule has 0 radical (unpaired) electrons. The molecule has 0 aliphatic rings. The molecule has 1 atom stereocenters. The topological polar surface area (TPSA) is 63.6 Å². The number of likely N-dealkylation sites (N-methyl/N-ethyl adjacent to an activating group) is 1. The van der Waals surface area contributed by atoms with Gasteiger partial charge in [0.1, 0.15) is 5.75 Å². The molecule has 2 aromatic carbocycles. The van der Waals surface area contributed by atoms with Crippen molar-refractivity contribution in [3.8, 4) is 5.75 Å². The second-order valence-corrected chi connectivity index (χ2v) is 8.49. The molecular weight excluding hydrogens is 362 g/mol. The molecule has 27 heavy (non-hydrogen) atoms. The molecule has 0 saturated carbocycles. The third-order valence-electron chi connectivity index (χ3n) is 4.73. The zero-order valence-corrected chi connectivity index (χ0v) is 16.8. The number of fused-ring (bicyclic) bond motifs is 1. The summed E-state index contributed by atoms with van der Waals surface area (Å²) < 4.78 is 35.4. The number of aryl methyl sites for hydroxylation is 1. The second kappa shape index (κ2) is 7.72. The van der Waals surface area contributed by atoms with Crippen molar-refractivity contribution in [2.75, 3.05) is 27.7 Å². The number of para-hydroxylation sites is 1. The highest BCUT2D eigenvalue weighted by atomic mass is 32.2. The van der Waals surface area contributed by atoms with E-state index in [1.807, 2.05) is 38.2 Å². The van der Waals surface area contributed by atoms with Crippen molar-refractivity contribution in [3.63, 3.8) is 0 Å². The summed E-state index contributed by atoms with van der Waals surface area (Å²) >= 11 is 0. The lowest BCUT2D eigenvalue weighted by atomic mass is 10.1. The summed E-state index contributed by atoms with van der Waals surface area (Å²) in [5.41, 5.74) is 2.21. The fourth-order valence-electron chi connectivity index (χ4n) is 3.25. The molecule has 0 aliphatic heterocycles. The molecule has 3 aromatic rings. The van der Waals surface area contributed by atoms with E-state index >= 15 is 0 Å². The number of hydrogen-bond acceptors (Lipinski definition) is 4. The van der Waals surface area contributed by atoms with Crippen molar-refractivity contribution < 1.29 is 13.2 Å². The highest BCUT2D eigenvalue weighted by Gasteiger charge is 2.22. The van der Waals surface area contributed by atoms with Crippen molar-refractivity contribution in [1.82, 2.24) is 14.2 Å². The third kappa shape index (κ3) is 4.00. The fraction of sp³-hybridized carbons (Fsp3) is 0.300. The summed E-state index contributed by atoms with van der Waals surface area (Å²) in [4.78, 5) is 2.22. The summed E-state index contributed by atoms with van der Waals surface area (Å²) in [6.07, 6.45) is 2.06. The molecule has 1 N–H and O–H groups in total. The van der Waals surface area contributed by atoms with Gasteiger partial charge in [0, 0.05) is 42.8 Å². The molecular formula is C20H25N3O3S. The van der Waals surface area contributed by atoms with Gasteiger partial charge in [0.25, 0.3) is 0 Å². The summed E-state index contributed by atoms with van der Waals surface area (Å²) in [6.45, 7) is 0.264. The van der Waals surface area contributed by atoms with E-state index in [9.17, 15) is 8.42 Å². The van der Waals surface area contributed by atoms with E-state index in [1.165, 1.54) is 13.2 Å². The standard InChI is InChI=1S/C20H25N3O3S/c1-22(2)20(18-14-23(3)19-11-6-5-10-17(18)19)13-21-27(24,25)16-9-7-8-15(12-16)26-4/h5-12,14,20-21H,13H2,1-4H3. The van der Waals surface area contributed by atoms with Gasteiger partial charge >= 0.3 is 0 Å². The molecule has 0 spiro atoms. The minimum Gasteiger partial charge on any atom is -0.497 e. The van der Waals surface area contributed by atoms with Crippen LogP contribution in [0.2, 0.25) is 0 Å². The first-order valence-electron chi connectivity index (χ1n) is 8.67. The van der Waals surface area contributed by atoms with E-state index in [0.29, 0.717) is 5.75 Å². The monoisotopic (exact) mass is 387 g/mol. The minimum absolute atomic E-state index is 0.100. The Bertz CT molecular complexity index is 1040. The SMILES string of the molecule is COc1cccc(S(=O)(=O)NCC(c2cn(C)c3ccccc23)N(C)C)c1. The number of aromatic nitrogens is 1. The first kappa shape index (κ1) is 19.4. The van der Waals surface area contributed by atoms with Crippen molar-refractivity contribution in [1.29, 1.82) is 0 Å². The van der Waals surface area contributed by atoms with E-state index in [4.69, 9.17) is 4.74 Å². The van der Waals surface area contributed by atoms with E-state index in [2.05, 4.69) is 27.6 Å². The van der Waals surface area contributed by atoms with Crippen LogP contribution in [-0.4, -0.2) is 45.6 Å². The van der Waals surface area contributed by atoms with Crippen molar-refractivity contribution in [2.45, 2.75) is 10.9 Å². The van der Waals surface area contributed by atoms with Crippen LogP contribution in [0, 0.1) is 0 Å². The molecule has 1 heterocycles. The summed E-state index contributed by atoms with van der Waals surface area (Å²) in [7, 11) is 3.78. The number of benzene rings is 2. The van der Waals surface area contributed by atoms with Gasteiger partial charge in [-0.1, -0.05) is 24.3 Å². The summed E-state index contributed by atoms with van der Waals surface area (Å²) in [6, 6.07) is 14.5. The molecule has 1 unspecified atom stereocenters. The number of nitrogens with zero attached hydrogens (tertiary/aromatic N) is 2. The van der Waals surface area contributed by atoms with Gasteiger partial charge in [-0.2, -0.15) is 0 Å². The molecule has 0 aliphatic carbocycles. The molecule has 144 valence electrons. The van der Waals surface area contributed by atoms with Gasteiger partial charge in [-0.15, -0.1) is 0 Å². The summed E-state index contributed by atoms with van der Waals surface area (Å²) in [5, 5.41) is 1.12. The lowest BCUT2D eigenvalue weighted by Crippen LogP contribution is -2.34. The molecule has 0 saturated heterocycles. The lowest BCUT2D eigenvalue weighted by Gasteiger charge is -2.24. The zero-order chi connectivity index (χ0) is 19.6. The van der Waals surface area contributed by atoms with Gasteiger partial charge in [0.15, 0.2) is 0 Å². The number of hydrogen-bond donors (Lipinski definition) is 1. The van der Waals surface area contributed by atoms with Crippen LogP contribution in [0.5, 0.6) is 5.75 Å². The molecule has 0 fully saturated rings. The Balaban J connectivity index is 1.89. The smallest absolute Gasteiger partial charge is 0.240 e. The number of nitrogens with one attached hydrogen (secondary N) is 1. The van der Waals surface area contributed by atoms with E-state index in [1.54, 1.807) is 18.2 Å². The molecule has 0 bridgehead atoms. The Morgan fingerprint density at radius 3 is 2.59 bits per heavy atom. The van der Waals surface area contributed by atoms with E-state index < -0.39 is 10.0 Å². The largest absolute Gasteiger partial charge is 0.497 e. The maximum absolute atomic E-state index is 12.7. The van der Waals surface area contributed by atoms with Crippen molar-refractivity contribution in [2.24, 2.45) is 7.05 Å². The van der Waals surface area contributed by atoms with Crippen LogP contribution < -0.4 is 9.46 Å². The third-order valence-corrected chi connectivity index (χ3v) is 6.15. The zero-order valence-electron chi connectivity index (χ0n) is 16.0. The second-order valence-electron chi connectivity index (χ2n) is 6.72. The van der Waals surface area contributed by atoms with Crippen LogP contribution in [0.1, 0.15) is 11.6 Å². The maximum atomic E-state index is 12.7. The Morgan fingerprint density at radius 2 is 1.89 bits per heavy atom. The van der Waals surface area contributed by atoms with Crippen LogP contribution in [0.3, 0.4) is 0 Å². The molecule has 3 rings (SSSR count).